The third-order valence-electron chi connectivity index (χ3n) is 5.56. The first kappa shape index (κ1) is 23.8. The molecule has 1 aromatic carbocycles. The molecule has 0 aliphatic carbocycles. The van der Waals surface area contributed by atoms with Gasteiger partial charge in [-0.2, -0.15) is 9.97 Å². The van der Waals surface area contributed by atoms with E-state index in [-0.39, 0.29) is 17.7 Å². The van der Waals surface area contributed by atoms with Crippen LogP contribution in [0.15, 0.2) is 24.3 Å². The smallest absolute Gasteiger partial charge is 0.320 e. The van der Waals surface area contributed by atoms with Gasteiger partial charge >= 0.3 is 6.01 Å². The second-order valence-electron chi connectivity index (χ2n) is 8.49. The lowest BCUT2D eigenvalue weighted by molar-refractivity contribution is -0.114. The fourth-order valence-electron chi connectivity index (χ4n) is 3.97. The Hall–Kier alpha value is -2.87. The number of rotatable bonds is 11. The molecule has 3 N–H and O–H groups in total. The predicted molar refractivity (Wildman–Crippen MR) is 129 cm³/mol. The van der Waals surface area contributed by atoms with Crippen molar-refractivity contribution in [2.24, 2.45) is 0 Å². The number of likely N-dealkylation sites (tertiary alicyclic amines) is 1. The van der Waals surface area contributed by atoms with Gasteiger partial charge in [0.1, 0.15) is 5.69 Å². The Kier molecular flexibility index (Phi) is 8.67. The van der Waals surface area contributed by atoms with E-state index < -0.39 is 0 Å². The van der Waals surface area contributed by atoms with Gasteiger partial charge in [-0.15, -0.1) is 0 Å². The van der Waals surface area contributed by atoms with Crippen LogP contribution in [0.2, 0.25) is 0 Å². The molecule has 0 saturated carbocycles. The van der Waals surface area contributed by atoms with Crippen molar-refractivity contribution in [2.45, 2.75) is 59.0 Å². The van der Waals surface area contributed by atoms with Gasteiger partial charge < -0.3 is 20.7 Å². The molecule has 1 saturated heterocycles. The molecule has 32 heavy (non-hydrogen) atoms. The summed E-state index contributed by atoms with van der Waals surface area (Å²) >= 11 is 0. The first-order valence-corrected chi connectivity index (χ1v) is 11.6. The number of carbonyl (C=O) groups excluding carboxylic acids is 1. The van der Waals surface area contributed by atoms with E-state index in [1.165, 1.54) is 44.0 Å². The highest BCUT2D eigenvalue weighted by molar-refractivity contribution is 5.95. The third-order valence-corrected chi connectivity index (χ3v) is 5.56. The second kappa shape index (κ2) is 11.7. The van der Waals surface area contributed by atoms with Crippen molar-refractivity contribution in [3.05, 3.63) is 35.4 Å². The van der Waals surface area contributed by atoms with Crippen molar-refractivity contribution in [3.63, 3.8) is 0 Å². The van der Waals surface area contributed by atoms with E-state index in [4.69, 9.17) is 10.5 Å². The number of nitrogens with two attached hydrogens (primary N) is 1. The van der Waals surface area contributed by atoms with E-state index in [1.807, 2.05) is 11.9 Å². The zero-order valence-electron chi connectivity index (χ0n) is 19.6. The molecule has 1 fully saturated rings. The zero-order valence-corrected chi connectivity index (χ0v) is 19.6. The van der Waals surface area contributed by atoms with Crippen LogP contribution in [0.3, 0.4) is 0 Å². The van der Waals surface area contributed by atoms with Crippen LogP contribution >= 0.6 is 0 Å². The fourth-order valence-corrected chi connectivity index (χ4v) is 3.97. The number of hydrogen-bond donors (Lipinski definition) is 2. The van der Waals surface area contributed by atoms with Gasteiger partial charge in [0.15, 0.2) is 11.6 Å². The van der Waals surface area contributed by atoms with Gasteiger partial charge in [0, 0.05) is 27.1 Å². The van der Waals surface area contributed by atoms with Crippen molar-refractivity contribution in [2.75, 3.05) is 42.7 Å². The van der Waals surface area contributed by atoms with Crippen LogP contribution in [-0.4, -0.2) is 47.5 Å². The molecule has 2 aromatic rings. The molecule has 0 radical (unpaired) electrons. The summed E-state index contributed by atoms with van der Waals surface area (Å²) in [6, 6.07) is 8.85. The lowest BCUT2D eigenvalue weighted by atomic mass is 10.1. The number of nitrogens with one attached hydrogen (secondary N) is 1. The van der Waals surface area contributed by atoms with Crippen molar-refractivity contribution in [1.29, 1.82) is 0 Å². The molecule has 1 aliphatic heterocycles. The average molecular weight is 441 g/mol. The second-order valence-corrected chi connectivity index (χ2v) is 8.49. The van der Waals surface area contributed by atoms with E-state index in [0.29, 0.717) is 24.7 Å². The molecular formula is C24H36N6O2. The van der Waals surface area contributed by atoms with E-state index in [0.717, 1.165) is 25.8 Å². The molecule has 1 aliphatic rings. The molecule has 2 heterocycles. The van der Waals surface area contributed by atoms with Gasteiger partial charge in [-0.3, -0.25) is 9.69 Å². The molecule has 174 valence electrons. The molecule has 8 heteroatoms. The van der Waals surface area contributed by atoms with Crippen LogP contribution in [-0.2, 0) is 17.9 Å². The van der Waals surface area contributed by atoms with E-state index in [2.05, 4.69) is 51.4 Å². The van der Waals surface area contributed by atoms with Crippen LogP contribution < -0.4 is 20.7 Å². The molecule has 1 amide bonds. The summed E-state index contributed by atoms with van der Waals surface area (Å²) in [6.07, 6.45) is 5.69. The molecule has 8 nitrogen and oxygen atoms in total. The fraction of sp³-hybridized carbons (Fsp3) is 0.542. The Balaban J connectivity index is 1.77. The van der Waals surface area contributed by atoms with Gasteiger partial charge in [0.25, 0.3) is 0 Å². The molecule has 0 atom stereocenters. The van der Waals surface area contributed by atoms with E-state index in [1.54, 1.807) is 0 Å². The summed E-state index contributed by atoms with van der Waals surface area (Å²) in [7, 11) is 1.93. The Morgan fingerprint density at radius 1 is 1.22 bits per heavy atom. The molecular weight excluding hydrogens is 404 g/mol. The molecule has 1 aromatic heterocycles. The van der Waals surface area contributed by atoms with E-state index >= 15 is 0 Å². The summed E-state index contributed by atoms with van der Waals surface area (Å²) < 4.78 is 5.74. The van der Waals surface area contributed by atoms with Gasteiger partial charge in [0.2, 0.25) is 5.91 Å². The summed E-state index contributed by atoms with van der Waals surface area (Å²) in [4.78, 5) is 25.0. The van der Waals surface area contributed by atoms with Crippen LogP contribution in [0.4, 0.5) is 17.3 Å². The predicted octanol–water partition coefficient (Wildman–Crippen LogP) is 3.82. The van der Waals surface area contributed by atoms with Crippen molar-refractivity contribution in [3.8, 4) is 6.01 Å². The van der Waals surface area contributed by atoms with Crippen LogP contribution in [0, 0.1) is 0 Å². The molecule has 3 rings (SSSR count). The maximum absolute atomic E-state index is 11.8. The normalized spacial score (nSPS) is 13.8. The largest absolute Gasteiger partial charge is 0.463 e. The number of aromatic nitrogens is 2. The van der Waals surface area contributed by atoms with Crippen molar-refractivity contribution >= 4 is 23.2 Å². The molecule has 0 spiro atoms. The van der Waals surface area contributed by atoms with Crippen LogP contribution in [0.25, 0.3) is 0 Å². The first-order valence-electron chi connectivity index (χ1n) is 11.6. The van der Waals surface area contributed by atoms with E-state index in [9.17, 15) is 4.79 Å². The number of anilines is 3. The van der Waals surface area contributed by atoms with Crippen LogP contribution in [0.5, 0.6) is 6.01 Å². The van der Waals surface area contributed by atoms with Gasteiger partial charge in [-0.25, -0.2) is 0 Å². The molecule has 0 unspecified atom stereocenters. The summed E-state index contributed by atoms with van der Waals surface area (Å²) in [6.45, 7) is 8.06. The Morgan fingerprint density at radius 2 is 1.97 bits per heavy atom. The van der Waals surface area contributed by atoms with Gasteiger partial charge in [-0.1, -0.05) is 44.0 Å². The summed E-state index contributed by atoms with van der Waals surface area (Å²) in [5.41, 5.74) is 9.06. The first-order chi connectivity index (χ1) is 15.5. The number of nitrogen functional groups attached to an aromatic ring is 1. The average Bonchev–Trinajstić information content (AvgIpc) is 3.26. The van der Waals surface area contributed by atoms with Crippen molar-refractivity contribution < 1.29 is 9.53 Å². The summed E-state index contributed by atoms with van der Waals surface area (Å²) in [5.74, 6) is 0.521. The number of ether oxygens (including phenoxy) is 1. The van der Waals surface area contributed by atoms with Gasteiger partial charge in [-0.05, 0) is 43.5 Å². The third kappa shape index (κ3) is 6.82. The maximum Gasteiger partial charge on any atom is 0.320 e. The number of nitrogens with zero attached hydrogens (tertiary/aromatic N) is 4. The highest BCUT2D eigenvalue weighted by atomic mass is 16.5. The Bertz CT molecular complexity index is 898. The number of unbranched alkanes of at least 4 members (excludes halogenated alkanes) is 2. The maximum atomic E-state index is 11.8. The molecule has 0 bridgehead atoms. The monoisotopic (exact) mass is 440 g/mol. The lowest BCUT2D eigenvalue weighted by Crippen LogP contribution is -2.23. The minimum atomic E-state index is -0.223. The summed E-state index contributed by atoms with van der Waals surface area (Å²) in [5, 5.41) is 2.78. The number of amides is 1. The van der Waals surface area contributed by atoms with Crippen molar-refractivity contribution in [1.82, 2.24) is 14.9 Å². The number of benzene rings is 1. The minimum Gasteiger partial charge on any atom is -0.463 e. The highest BCUT2D eigenvalue weighted by Gasteiger charge is 2.19. The lowest BCUT2D eigenvalue weighted by Gasteiger charge is -2.23. The van der Waals surface area contributed by atoms with Crippen LogP contribution in [0.1, 0.15) is 57.1 Å². The van der Waals surface area contributed by atoms with Gasteiger partial charge in [0.05, 0.1) is 6.61 Å². The number of carbonyl (C=O) groups is 1. The standard InChI is InChI=1S/C24H36N6O2/c1-4-5-8-14-32-24-27-22(25)21(26-18(2)31)23(28-24)29(3)16-19-10-9-11-20(15-19)17-30-12-6-7-13-30/h9-11,15H,4-8,12-14,16-17H2,1-3H3,(H,26,31)(H2,25,27,28). The number of hydrogen-bond acceptors (Lipinski definition) is 7. The Labute approximate surface area is 191 Å². The highest BCUT2D eigenvalue weighted by Crippen LogP contribution is 2.31. The topological polar surface area (TPSA) is 96.6 Å². The zero-order chi connectivity index (χ0) is 22.9. The minimum absolute atomic E-state index is 0.199. The SMILES string of the molecule is CCCCCOc1nc(N)c(NC(C)=O)c(N(C)Cc2cccc(CN3CCCC3)c2)n1. The Morgan fingerprint density at radius 3 is 2.69 bits per heavy atom. The quantitative estimate of drug-likeness (QED) is 0.513.